The van der Waals surface area contributed by atoms with Gasteiger partial charge in [-0.1, -0.05) is 12.1 Å². The van der Waals surface area contributed by atoms with E-state index in [2.05, 4.69) is 11.0 Å². The summed E-state index contributed by atoms with van der Waals surface area (Å²) < 4.78 is 10.7. The van der Waals surface area contributed by atoms with Crippen LogP contribution in [-0.4, -0.2) is 61.3 Å². The SMILES string of the molecule is COc1cccc(C(CN)N2CCN(C(=O)OC(C)(C)C)CC2)c1. The lowest BCUT2D eigenvalue weighted by Crippen LogP contribution is -2.51. The Balaban J connectivity index is 1.98. The fraction of sp³-hybridized carbons (Fsp3) is 0.611. The second-order valence-electron chi connectivity index (χ2n) is 7.03. The normalized spacial score (nSPS) is 17.5. The molecule has 0 saturated carbocycles. The number of piperazine rings is 1. The van der Waals surface area contributed by atoms with Crippen molar-refractivity contribution in [3.8, 4) is 5.75 Å². The molecule has 1 fully saturated rings. The minimum atomic E-state index is -0.464. The van der Waals surface area contributed by atoms with Gasteiger partial charge in [0.25, 0.3) is 0 Å². The summed E-state index contributed by atoms with van der Waals surface area (Å²) in [5, 5.41) is 0. The molecular formula is C18H29N3O3. The van der Waals surface area contributed by atoms with Crippen LogP contribution < -0.4 is 10.5 Å². The Morgan fingerprint density at radius 3 is 2.46 bits per heavy atom. The average Bonchev–Trinajstić information content (AvgIpc) is 2.55. The van der Waals surface area contributed by atoms with Crippen LogP contribution in [0.5, 0.6) is 5.75 Å². The van der Waals surface area contributed by atoms with Crippen LogP contribution >= 0.6 is 0 Å². The zero-order chi connectivity index (χ0) is 17.7. The molecular weight excluding hydrogens is 306 g/mol. The molecule has 1 aromatic rings. The lowest BCUT2D eigenvalue weighted by Gasteiger charge is -2.39. The summed E-state index contributed by atoms with van der Waals surface area (Å²) in [5.74, 6) is 0.832. The Bertz CT molecular complexity index is 549. The van der Waals surface area contributed by atoms with Crippen molar-refractivity contribution in [2.45, 2.75) is 32.4 Å². The molecule has 0 aromatic heterocycles. The van der Waals surface area contributed by atoms with Crippen LogP contribution in [0.25, 0.3) is 0 Å². The molecule has 6 nitrogen and oxygen atoms in total. The Labute approximate surface area is 144 Å². The summed E-state index contributed by atoms with van der Waals surface area (Å²) in [4.78, 5) is 16.2. The van der Waals surface area contributed by atoms with Crippen LogP contribution in [0.1, 0.15) is 32.4 Å². The van der Waals surface area contributed by atoms with E-state index in [4.69, 9.17) is 15.2 Å². The molecule has 24 heavy (non-hydrogen) atoms. The molecule has 0 radical (unpaired) electrons. The van der Waals surface area contributed by atoms with Gasteiger partial charge in [-0.15, -0.1) is 0 Å². The van der Waals surface area contributed by atoms with Crippen LogP contribution in [0, 0.1) is 0 Å². The van der Waals surface area contributed by atoms with Crippen LogP contribution in [0.15, 0.2) is 24.3 Å². The predicted octanol–water partition coefficient (Wildman–Crippen LogP) is 2.25. The highest BCUT2D eigenvalue weighted by atomic mass is 16.6. The van der Waals surface area contributed by atoms with E-state index < -0.39 is 5.60 Å². The molecule has 134 valence electrons. The lowest BCUT2D eigenvalue weighted by atomic mass is 10.0. The first-order chi connectivity index (χ1) is 11.3. The fourth-order valence-corrected chi connectivity index (χ4v) is 2.89. The Kier molecular flexibility index (Phi) is 6.07. The molecule has 1 saturated heterocycles. The van der Waals surface area contributed by atoms with Crippen molar-refractivity contribution in [1.82, 2.24) is 9.80 Å². The molecule has 1 unspecified atom stereocenters. The molecule has 1 amide bonds. The molecule has 1 aromatic carbocycles. The van der Waals surface area contributed by atoms with Gasteiger partial charge in [0.05, 0.1) is 7.11 Å². The molecule has 2 N–H and O–H groups in total. The number of carbonyl (C=O) groups excluding carboxylic acids is 1. The van der Waals surface area contributed by atoms with Crippen molar-refractivity contribution in [2.75, 3.05) is 39.8 Å². The number of amides is 1. The molecule has 0 aliphatic carbocycles. The second kappa shape index (κ2) is 7.85. The van der Waals surface area contributed by atoms with Gasteiger partial charge in [-0.05, 0) is 38.5 Å². The van der Waals surface area contributed by atoms with Gasteiger partial charge in [0.2, 0.25) is 0 Å². The Morgan fingerprint density at radius 1 is 1.25 bits per heavy atom. The zero-order valence-corrected chi connectivity index (χ0v) is 15.1. The molecule has 2 rings (SSSR count). The fourth-order valence-electron chi connectivity index (χ4n) is 2.89. The number of ether oxygens (including phenoxy) is 2. The minimum Gasteiger partial charge on any atom is -0.497 e. The van der Waals surface area contributed by atoms with E-state index >= 15 is 0 Å². The molecule has 0 spiro atoms. The first-order valence-electron chi connectivity index (χ1n) is 8.40. The van der Waals surface area contributed by atoms with E-state index in [-0.39, 0.29) is 12.1 Å². The van der Waals surface area contributed by atoms with Crippen molar-refractivity contribution >= 4 is 6.09 Å². The van der Waals surface area contributed by atoms with Gasteiger partial charge >= 0.3 is 6.09 Å². The van der Waals surface area contributed by atoms with Crippen LogP contribution in [0.3, 0.4) is 0 Å². The summed E-state index contributed by atoms with van der Waals surface area (Å²) in [6, 6.07) is 8.13. The van der Waals surface area contributed by atoms with E-state index in [9.17, 15) is 4.79 Å². The smallest absolute Gasteiger partial charge is 0.410 e. The van der Waals surface area contributed by atoms with Gasteiger partial charge in [-0.2, -0.15) is 0 Å². The number of hydrogen-bond acceptors (Lipinski definition) is 5. The largest absolute Gasteiger partial charge is 0.497 e. The van der Waals surface area contributed by atoms with Gasteiger partial charge in [0.1, 0.15) is 11.4 Å². The highest BCUT2D eigenvalue weighted by molar-refractivity contribution is 5.68. The zero-order valence-electron chi connectivity index (χ0n) is 15.1. The van der Waals surface area contributed by atoms with Gasteiger partial charge in [-0.3, -0.25) is 4.90 Å². The third-order valence-electron chi connectivity index (χ3n) is 4.11. The number of carbonyl (C=O) groups is 1. The highest BCUT2D eigenvalue weighted by Crippen LogP contribution is 2.25. The highest BCUT2D eigenvalue weighted by Gasteiger charge is 2.29. The molecule has 1 aliphatic heterocycles. The summed E-state index contributed by atoms with van der Waals surface area (Å²) in [7, 11) is 1.66. The summed E-state index contributed by atoms with van der Waals surface area (Å²) in [6.45, 7) is 9.03. The second-order valence-corrected chi connectivity index (χ2v) is 7.03. The van der Waals surface area contributed by atoms with E-state index in [0.717, 1.165) is 24.4 Å². The molecule has 6 heteroatoms. The summed E-state index contributed by atoms with van der Waals surface area (Å²) in [6.07, 6.45) is -0.243. The first kappa shape index (κ1) is 18.5. The van der Waals surface area contributed by atoms with E-state index in [1.807, 2.05) is 39.0 Å². The van der Waals surface area contributed by atoms with Crippen LogP contribution in [0.4, 0.5) is 4.79 Å². The number of benzene rings is 1. The van der Waals surface area contributed by atoms with Gasteiger partial charge in [-0.25, -0.2) is 4.79 Å². The Hall–Kier alpha value is -1.79. The third kappa shape index (κ3) is 4.85. The quantitative estimate of drug-likeness (QED) is 0.914. The van der Waals surface area contributed by atoms with E-state index in [1.165, 1.54) is 0 Å². The van der Waals surface area contributed by atoms with Gasteiger partial charge in [0.15, 0.2) is 0 Å². The number of methoxy groups -OCH3 is 1. The first-order valence-corrected chi connectivity index (χ1v) is 8.40. The summed E-state index contributed by atoms with van der Waals surface area (Å²) >= 11 is 0. The maximum atomic E-state index is 12.2. The van der Waals surface area contributed by atoms with Gasteiger partial charge in [0, 0.05) is 38.8 Å². The maximum absolute atomic E-state index is 12.2. The average molecular weight is 335 g/mol. The number of hydrogen-bond donors (Lipinski definition) is 1. The molecule has 1 atom stereocenters. The third-order valence-corrected chi connectivity index (χ3v) is 4.11. The van der Waals surface area contributed by atoms with Crippen LogP contribution in [0.2, 0.25) is 0 Å². The number of rotatable bonds is 4. The van der Waals surface area contributed by atoms with E-state index in [1.54, 1.807) is 12.0 Å². The Morgan fingerprint density at radius 2 is 1.92 bits per heavy atom. The van der Waals surface area contributed by atoms with Crippen molar-refractivity contribution < 1.29 is 14.3 Å². The van der Waals surface area contributed by atoms with Crippen molar-refractivity contribution in [1.29, 1.82) is 0 Å². The van der Waals surface area contributed by atoms with Gasteiger partial charge < -0.3 is 20.1 Å². The maximum Gasteiger partial charge on any atom is 0.410 e. The topological polar surface area (TPSA) is 68.0 Å². The number of nitrogens with two attached hydrogens (primary N) is 1. The molecule has 1 aliphatic rings. The molecule has 0 bridgehead atoms. The monoisotopic (exact) mass is 335 g/mol. The predicted molar refractivity (Wildman–Crippen MR) is 94.2 cm³/mol. The summed E-state index contributed by atoms with van der Waals surface area (Å²) in [5.41, 5.74) is 6.69. The lowest BCUT2D eigenvalue weighted by molar-refractivity contribution is 0.0106. The van der Waals surface area contributed by atoms with Crippen molar-refractivity contribution in [2.24, 2.45) is 5.73 Å². The van der Waals surface area contributed by atoms with Crippen molar-refractivity contribution in [3.63, 3.8) is 0 Å². The minimum absolute atomic E-state index is 0.126. The van der Waals surface area contributed by atoms with Crippen molar-refractivity contribution in [3.05, 3.63) is 29.8 Å². The number of nitrogens with zero attached hydrogens (tertiary/aromatic N) is 2. The van der Waals surface area contributed by atoms with E-state index in [0.29, 0.717) is 19.6 Å². The van der Waals surface area contributed by atoms with Crippen LogP contribution in [-0.2, 0) is 4.74 Å². The standard InChI is InChI=1S/C18H29N3O3/c1-18(2,3)24-17(22)21-10-8-20(9-11-21)16(13-19)14-6-5-7-15(12-14)23-4/h5-7,12,16H,8-11,13,19H2,1-4H3. The molecule has 1 heterocycles.